The minimum atomic E-state index is 0.569. The molecule has 0 spiro atoms. The van der Waals surface area contributed by atoms with Crippen molar-refractivity contribution in [3.05, 3.63) is 35.2 Å². The van der Waals surface area contributed by atoms with Crippen molar-refractivity contribution in [2.45, 2.75) is 6.42 Å². The van der Waals surface area contributed by atoms with Crippen LogP contribution < -0.4 is 10.6 Å². The lowest BCUT2D eigenvalue weighted by molar-refractivity contribution is 0.378. The number of nitrogens with zero attached hydrogens (tertiary/aromatic N) is 3. The topological polar surface area (TPSA) is 75.3 Å². The van der Waals surface area contributed by atoms with Crippen LogP contribution in [0.1, 0.15) is 5.89 Å². The number of nitrogens with one attached hydrogen (secondary N) is 2. The summed E-state index contributed by atoms with van der Waals surface area (Å²) in [7, 11) is 1.75. The van der Waals surface area contributed by atoms with Crippen molar-refractivity contribution in [2.24, 2.45) is 4.99 Å². The SMILES string of the molecule is CN=C(NCCSC)NCCc1nc(-c2ccc(Cl)cc2)no1. The second kappa shape index (κ2) is 9.42. The van der Waals surface area contributed by atoms with Crippen molar-refractivity contribution in [2.75, 3.05) is 32.1 Å². The van der Waals surface area contributed by atoms with Gasteiger partial charge in [0, 0.05) is 42.9 Å². The molecular weight excluding hydrogens is 334 g/mol. The van der Waals surface area contributed by atoms with E-state index in [1.54, 1.807) is 30.9 Å². The number of hydrogen-bond donors (Lipinski definition) is 2. The van der Waals surface area contributed by atoms with Crippen molar-refractivity contribution in [1.82, 2.24) is 20.8 Å². The summed E-state index contributed by atoms with van der Waals surface area (Å²) in [5.74, 6) is 2.96. The van der Waals surface area contributed by atoms with E-state index in [4.69, 9.17) is 16.1 Å². The van der Waals surface area contributed by atoms with Crippen LogP contribution in [0, 0.1) is 0 Å². The van der Waals surface area contributed by atoms with Crippen LogP contribution in [-0.2, 0) is 6.42 Å². The molecule has 1 heterocycles. The first-order valence-corrected chi connectivity index (χ1v) is 9.02. The zero-order valence-electron chi connectivity index (χ0n) is 13.2. The average Bonchev–Trinajstić information content (AvgIpc) is 3.03. The monoisotopic (exact) mass is 353 g/mol. The normalized spacial score (nSPS) is 11.5. The zero-order valence-corrected chi connectivity index (χ0v) is 14.7. The molecule has 23 heavy (non-hydrogen) atoms. The van der Waals surface area contributed by atoms with Crippen LogP contribution in [0.4, 0.5) is 0 Å². The Morgan fingerprint density at radius 3 is 2.70 bits per heavy atom. The van der Waals surface area contributed by atoms with Crippen LogP contribution in [0.15, 0.2) is 33.8 Å². The molecule has 0 radical (unpaired) electrons. The highest BCUT2D eigenvalue weighted by molar-refractivity contribution is 7.98. The summed E-state index contributed by atoms with van der Waals surface area (Å²) in [5, 5.41) is 11.1. The van der Waals surface area contributed by atoms with Gasteiger partial charge in [0.15, 0.2) is 5.96 Å². The van der Waals surface area contributed by atoms with Crippen LogP contribution in [0.5, 0.6) is 0 Å². The summed E-state index contributed by atoms with van der Waals surface area (Å²) in [4.78, 5) is 8.54. The summed E-state index contributed by atoms with van der Waals surface area (Å²) in [5.41, 5.74) is 0.881. The lowest BCUT2D eigenvalue weighted by Gasteiger charge is -2.10. The maximum absolute atomic E-state index is 5.87. The minimum absolute atomic E-state index is 0.569. The van der Waals surface area contributed by atoms with Crippen LogP contribution in [-0.4, -0.2) is 48.2 Å². The number of hydrogen-bond acceptors (Lipinski definition) is 5. The summed E-state index contributed by atoms with van der Waals surface area (Å²) in [6.45, 7) is 1.54. The van der Waals surface area contributed by atoms with Gasteiger partial charge in [-0.1, -0.05) is 16.8 Å². The second-order valence-corrected chi connectivity index (χ2v) is 6.11. The summed E-state index contributed by atoms with van der Waals surface area (Å²) < 4.78 is 5.27. The molecule has 6 nitrogen and oxygen atoms in total. The highest BCUT2D eigenvalue weighted by Gasteiger charge is 2.08. The molecule has 2 rings (SSSR count). The Labute approximate surface area is 145 Å². The predicted octanol–water partition coefficient (Wildman–Crippen LogP) is 2.46. The fourth-order valence-electron chi connectivity index (χ4n) is 1.85. The third-order valence-electron chi connectivity index (χ3n) is 3.02. The van der Waals surface area contributed by atoms with Gasteiger partial charge < -0.3 is 15.2 Å². The number of aromatic nitrogens is 2. The molecule has 0 aliphatic rings. The van der Waals surface area contributed by atoms with E-state index in [9.17, 15) is 0 Å². The first-order valence-electron chi connectivity index (χ1n) is 7.25. The van der Waals surface area contributed by atoms with Gasteiger partial charge in [-0.2, -0.15) is 16.7 Å². The Morgan fingerprint density at radius 2 is 2.00 bits per heavy atom. The lowest BCUT2D eigenvalue weighted by atomic mass is 10.2. The highest BCUT2D eigenvalue weighted by Crippen LogP contribution is 2.18. The maximum atomic E-state index is 5.87. The molecule has 2 N–H and O–H groups in total. The van der Waals surface area contributed by atoms with Crippen molar-refractivity contribution in [3.63, 3.8) is 0 Å². The Morgan fingerprint density at radius 1 is 1.26 bits per heavy atom. The molecule has 0 bridgehead atoms. The Kier molecular flexibility index (Phi) is 7.22. The lowest BCUT2D eigenvalue weighted by Crippen LogP contribution is -2.39. The maximum Gasteiger partial charge on any atom is 0.228 e. The molecule has 0 saturated carbocycles. The van der Waals surface area contributed by atoms with Gasteiger partial charge >= 0.3 is 0 Å². The second-order valence-electron chi connectivity index (χ2n) is 4.69. The van der Waals surface area contributed by atoms with Gasteiger partial charge in [-0.3, -0.25) is 4.99 Å². The predicted molar refractivity (Wildman–Crippen MR) is 96.2 cm³/mol. The van der Waals surface area contributed by atoms with Gasteiger partial charge in [-0.05, 0) is 30.5 Å². The third-order valence-corrected chi connectivity index (χ3v) is 3.89. The molecule has 0 unspecified atom stereocenters. The fourth-order valence-corrected chi connectivity index (χ4v) is 2.28. The molecule has 0 saturated heterocycles. The first kappa shape index (κ1) is 17.6. The van der Waals surface area contributed by atoms with Crippen molar-refractivity contribution in [1.29, 1.82) is 0 Å². The molecule has 0 aliphatic heterocycles. The Bertz CT molecular complexity index is 629. The third kappa shape index (κ3) is 5.76. The van der Waals surface area contributed by atoms with Gasteiger partial charge in [0.1, 0.15) is 0 Å². The van der Waals surface area contributed by atoms with E-state index in [1.807, 2.05) is 12.1 Å². The smallest absolute Gasteiger partial charge is 0.228 e. The molecule has 2 aromatic rings. The number of halogens is 1. The van der Waals surface area contributed by atoms with Gasteiger partial charge in [0.25, 0.3) is 0 Å². The molecule has 1 aromatic carbocycles. The summed E-state index contributed by atoms with van der Waals surface area (Å²) in [6.07, 6.45) is 2.70. The van der Waals surface area contributed by atoms with E-state index >= 15 is 0 Å². The van der Waals surface area contributed by atoms with Gasteiger partial charge in [-0.25, -0.2) is 0 Å². The van der Waals surface area contributed by atoms with Gasteiger partial charge in [0.05, 0.1) is 0 Å². The van der Waals surface area contributed by atoms with E-state index in [1.165, 1.54) is 0 Å². The van der Waals surface area contributed by atoms with E-state index in [0.29, 0.717) is 29.7 Å². The van der Waals surface area contributed by atoms with E-state index < -0.39 is 0 Å². The van der Waals surface area contributed by atoms with Crippen LogP contribution >= 0.6 is 23.4 Å². The van der Waals surface area contributed by atoms with Gasteiger partial charge in [-0.15, -0.1) is 0 Å². The minimum Gasteiger partial charge on any atom is -0.356 e. The van der Waals surface area contributed by atoms with Crippen LogP contribution in [0.25, 0.3) is 11.4 Å². The Hall–Kier alpha value is -1.73. The van der Waals surface area contributed by atoms with Crippen molar-refractivity contribution < 1.29 is 4.52 Å². The fraction of sp³-hybridized carbons (Fsp3) is 0.400. The van der Waals surface area contributed by atoms with Crippen LogP contribution in [0.2, 0.25) is 5.02 Å². The quantitative estimate of drug-likeness (QED) is 0.452. The molecular formula is C15H20ClN5OS. The summed E-state index contributed by atoms with van der Waals surface area (Å²) in [6, 6.07) is 7.34. The number of benzene rings is 1. The zero-order chi connectivity index (χ0) is 16.5. The molecule has 124 valence electrons. The Balaban J connectivity index is 1.81. The van der Waals surface area contributed by atoms with Gasteiger partial charge in [0.2, 0.25) is 11.7 Å². The molecule has 1 aromatic heterocycles. The van der Waals surface area contributed by atoms with E-state index in [0.717, 1.165) is 23.8 Å². The molecule has 8 heteroatoms. The van der Waals surface area contributed by atoms with Crippen molar-refractivity contribution >= 4 is 29.3 Å². The van der Waals surface area contributed by atoms with Crippen LogP contribution in [0.3, 0.4) is 0 Å². The summed E-state index contributed by atoms with van der Waals surface area (Å²) >= 11 is 7.66. The molecule has 0 amide bonds. The number of aliphatic imine (C=N–C) groups is 1. The molecule has 0 atom stereocenters. The van der Waals surface area contributed by atoms with E-state index in [-0.39, 0.29) is 0 Å². The highest BCUT2D eigenvalue weighted by atomic mass is 35.5. The number of guanidine groups is 1. The number of rotatable bonds is 7. The number of thioether (sulfide) groups is 1. The standard InChI is InChI=1S/C15H20ClN5OS/c1-17-15(19-9-10-23-2)18-8-7-13-20-14(21-22-13)11-3-5-12(16)6-4-11/h3-6H,7-10H2,1-2H3,(H2,17,18,19). The molecule has 0 aliphatic carbocycles. The largest absolute Gasteiger partial charge is 0.356 e. The van der Waals surface area contributed by atoms with E-state index in [2.05, 4.69) is 32.0 Å². The average molecular weight is 354 g/mol. The van der Waals surface area contributed by atoms with Crippen molar-refractivity contribution in [3.8, 4) is 11.4 Å². The first-order chi connectivity index (χ1) is 11.2. The molecule has 0 fully saturated rings.